The maximum Gasteiger partial charge on any atom is 0.453 e. The molecule has 0 aliphatic rings. The molecule has 0 heterocycles. The zero-order chi connectivity index (χ0) is 37.5. The summed E-state index contributed by atoms with van der Waals surface area (Å²) in [5.74, 6) is -2.41. The van der Waals surface area contributed by atoms with Crippen molar-refractivity contribution in [1.82, 2.24) is 10.6 Å². The van der Waals surface area contributed by atoms with Crippen LogP contribution in [0.5, 0.6) is 11.5 Å². The van der Waals surface area contributed by atoms with Crippen molar-refractivity contribution in [3.63, 3.8) is 0 Å². The number of hydrogen-bond acceptors (Lipinski definition) is 9. The van der Waals surface area contributed by atoms with Gasteiger partial charge in [-0.15, -0.1) is 0 Å². The third kappa shape index (κ3) is 12.8. The molecule has 2 amide bonds. The van der Waals surface area contributed by atoms with E-state index in [9.17, 15) is 18.9 Å². The molecule has 4 rings (SSSR count). The van der Waals surface area contributed by atoms with Gasteiger partial charge >= 0.3 is 19.7 Å². The second kappa shape index (κ2) is 20.2. The van der Waals surface area contributed by atoms with Gasteiger partial charge in [0.05, 0.1) is 0 Å². The number of hydrogen-bond donors (Lipinski definition) is 2. The number of halogens is 2. The minimum absolute atomic E-state index is 0.00281. The molecule has 276 valence electrons. The summed E-state index contributed by atoms with van der Waals surface area (Å²) in [5.41, 5.74) is 1.48. The quantitative estimate of drug-likeness (QED) is 0.0750. The molecular weight excluding hydrogens is 746 g/mol. The van der Waals surface area contributed by atoms with Crippen molar-refractivity contribution in [2.24, 2.45) is 5.92 Å². The number of carbonyl (C=O) groups is 3. The fourth-order valence-electron chi connectivity index (χ4n) is 4.90. The summed E-state index contributed by atoms with van der Waals surface area (Å²) in [6.07, 6.45) is -0.139. The van der Waals surface area contributed by atoms with Crippen molar-refractivity contribution in [3.8, 4) is 11.5 Å². The summed E-state index contributed by atoms with van der Waals surface area (Å²) < 4.78 is 38.1. The average Bonchev–Trinajstić information content (AvgIpc) is 3.13. The molecule has 4 aromatic rings. The largest absolute Gasteiger partial charge is 0.453 e. The second-order valence-corrected chi connectivity index (χ2v) is 15.8. The summed E-state index contributed by atoms with van der Waals surface area (Å²) in [5, 5.41) is 6.28. The number of alkyl carbamates (subject to hydrolysis) is 1. The van der Waals surface area contributed by atoms with Crippen LogP contribution in [-0.4, -0.2) is 47.9 Å². The molecule has 0 aliphatic heterocycles. The van der Waals surface area contributed by atoms with Crippen molar-refractivity contribution < 1.29 is 37.5 Å². The Bertz CT molecular complexity index is 1730. The topological polar surface area (TPSA) is 129 Å². The summed E-state index contributed by atoms with van der Waals surface area (Å²) in [4.78, 5) is 40.7. The van der Waals surface area contributed by atoms with Crippen molar-refractivity contribution in [2.75, 3.05) is 12.0 Å². The summed E-state index contributed by atoms with van der Waals surface area (Å²) in [6, 6.07) is 29.4. The molecule has 0 saturated carbocycles. The van der Waals surface area contributed by atoms with Gasteiger partial charge in [-0.2, -0.15) is 11.8 Å². The predicted molar refractivity (Wildman–Crippen MR) is 205 cm³/mol. The fourth-order valence-corrected chi connectivity index (χ4v) is 7.73. The molecule has 0 unspecified atom stereocenters. The third-order valence-electron chi connectivity index (χ3n) is 7.57. The summed E-state index contributed by atoms with van der Waals surface area (Å²) in [7, 11) is -4.29. The van der Waals surface area contributed by atoms with Gasteiger partial charge in [0.25, 0.3) is 5.91 Å². The highest BCUT2D eigenvalue weighted by atomic mass is 35.5. The first-order valence-electron chi connectivity index (χ1n) is 16.5. The molecule has 0 saturated heterocycles. The first-order chi connectivity index (χ1) is 25.0. The molecule has 0 aromatic heterocycles. The van der Waals surface area contributed by atoms with E-state index in [1.54, 1.807) is 62.4 Å². The number of esters is 1. The number of benzene rings is 4. The van der Waals surface area contributed by atoms with Gasteiger partial charge in [0.15, 0.2) is 11.9 Å². The Balaban J connectivity index is 1.59. The lowest BCUT2D eigenvalue weighted by Crippen LogP contribution is -2.49. The van der Waals surface area contributed by atoms with Crippen LogP contribution in [0.3, 0.4) is 0 Å². The number of carbonyl (C=O) groups excluding carboxylic acids is 3. The highest BCUT2D eigenvalue weighted by Crippen LogP contribution is 2.54. The number of thioether (sulfide) groups is 1. The Kier molecular flexibility index (Phi) is 15.8. The lowest BCUT2D eigenvalue weighted by Gasteiger charge is -2.31. The van der Waals surface area contributed by atoms with Crippen molar-refractivity contribution >= 4 is 60.5 Å². The van der Waals surface area contributed by atoms with Crippen LogP contribution in [0.25, 0.3) is 0 Å². The van der Waals surface area contributed by atoms with E-state index in [-0.39, 0.29) is 30.9 Å². The lowest BCUT2D eigenvalue weighted by atomic mass is 10.1. The van der Waals surface area contributed by atoms with E-state index in [1.165, 1.54) is 36.0 Å². The van der Waals surface area contributed by atoms with Crippen LogP contribution in [0, 0.1) is 5.92 Å². The minimum atomic E-state index is -4.29. The van der Waals surface area contributed by atoms with E-state index in [4.69, 9.17) is 41.7 Å². The molecule has 10 nitrogen and oxygen atoms in total. The standard InChI is InChI=1S/C38H41Cl2N2O8PS/c1-26(2)36(51(46,49-31-18-14-29(39)15-19-31)50-32-20-16-30(40)17-21-32)42-35(43)34(24-27-10-6-4-7-11-27)48-37(44)33(22-23-52-3)41-38(45)47-25-28-12-8-5-9-13-28/h4-21,26,33-34,36H,22-25H2,1-3H3,(H,41,45)(H,42,43)/t33-,34-,36-/m0/s1. The van der Waals surface area contributed by atoms with Crippen LogP contribution in [0.15, 0.2) is 109 Å². The predicted octanol–water partition coefficient (Wildman–Crippen LogP) is 8.95. The maximum atomic E-state index is 14.8. The van der Waals surface area contributed by atoms with E-state index in [0.29, 0.717) is 21.4 Å². The van der Waals surface area contributed by atoms with Crippen LogP contribution in [-0.2, 0) is 36.7 Å². The highest BCUT2D eigenvalue weighted by molar-refractivity contribution is 7.98. The molecule has 0 radical (unpaired) electrons. The van der Waals surface area contributed by atoms with E-state index in [1.807, 2.05) is 42.7 Å². The van der Waals surface area contributed by atoms with E-state index in [2.05, 4.69) is 10.6 Å². The number of ether oxygens (including phenoxy) is 2. The number of rotatable bonds is 18. The Morgan fingerprint density at radius 2 is 1.27 bits per heavy atom. The van der Waals surface area contributed by atoms with Gasteiger partial charge in [0.1, 0.15) is 24.1 Å². The fraction of sp³-hybridized carbons (Fsp3) is 0.289. The Labute approximate surface area is 318 Å². The lowest BCUT2D eigenvalue weighted by molar-refractivity contribution is -0.158. The van der Waals surface area contributed by atoms with Crippen LogP contribution in [0.1, 0.15) is 31.4 Å². The van der Waals surface area contributed by atoms with Crippen LogP contribution < -0.4 is 19.7 Å². The normalized spacial score (nSPS) is 13.0. The van der Waals surface area contributed by atoms with Gasteiger partial charge in [-0.1, -0.05) is 97.7 Å². The Morgan fingerprint density at radius 1 is 0.750 bits per heavy atom. The van der Waals surface area contributed by atoms with Gasteiger partial charge in [0, 0.05) is 16.5 Å². The summed E-state index contributed by atoms with van der Waals surface area (Å²) in [6.45, 7) is 3.49. The average molecular weight is 788 g/mol. The van der Waals surface area contributed by atoms with Crippen molar-refractivity contribution in [3.05, 3.63) is 130 Å². The summed E-state index contributed by atoms with van der Waals surface area (Å²) >= 11 is 13.6. The molecule has 3 atom stereocenters. The number of amides is 2. The van der Waals surface area contributed by atoms with Crippen LogP contribution >= 0.6 is 42.6 Å². The smallest absolute Gasteiger partial charge is 0.450 e. The number of nitrogens with one attached hydrogen (secondary N) is 2. The molecule has 0 bridgehead atoms. The van der Waals surface area contributed by atoms with Crippen molar-refractivity contribution in [2.45, 2.75) is 51.2 Å². The monoisotopic (exact) mass is 786 g/mol. The van der Waals surface area contributed by atoms with Crippen molar-refractivity contribution in [1.29, 1.82) is 0 Å². The van der Waals surface area contributed by atoms with Gasteiger partial charge in [-0.05, 0) is 84.0 Å². The minimum Gasteiger partial charge on any atom is -0.450 e. The molecule has 0 fully saturated rings. The molecule has 4 aromatic carbocycles. The molecular formula is C38H41Cl2N2O8PS. The maximum absolute atomic E-state index is 14.8. The van der Waals surface area contributed by atoms with E-state index in [0.717, 1.165) is 5.56 Å². The first kappa shape index (κ1) is 40.6. The molecule has 52 heavy (non-hydrogen) atoms. The van der Waals surface area contributed by atoms with E-state index < -0.39 is 49.4 Å². The van der Waals surface area contributed by atoms with Gasteiger partial charge in [0.2, 0.25) is 0 Å². The highest BCUT2D eigenvalue weighted by Gasteiger charge is 2.44. The molecule has 14 heteroatoms. The Hall–Kier alpha value is -4.15. The SMILES string of the molecule is CSCC[C@H](NC(=O)OCc1ccccc1)C(=O)O[C@@H](Cc1ccccc1)C(=O)N[C@H](C(C)C)P(=O)(Oc1ccc(Cl)cc1)Oc1ccc(Cl)cc1. The van der Waals surface area contributed by atoms with Crippen LogP contribution in [0.4, 0.5) is 4.79 Å². The zero-order valence-corrected chi connectivity index (χ0v) is 32.1. The molecule has 0 spiro atoms. The Morgan fingerprint density at radius 3 is 1.77 bits per heavy atom. The van der Waals surface area contributed by atoms with Gasteiger partial charge < -0.3 is 29.2 Å². The second-order valence-electron chi connectivity index (χ2n) is 12.0. The van der Waals surface area contributed by atoms with E-state index >= 15 is 0 Å². The molecule has 0 aliphatic carbocycles. The van der Waals surface area contributed by atoms with Crippen LogP contribution in [0.2, 0.25) is 10.0 Å². The third-order valence-corrected chi connectivity index (χ3v) is 11.1. The van der Waals surface area contributed by atoms with Gasteiger partial charge in [-0.3, -0.25) is 4.79 Å². The zero-order valence-electron chi connectivity index (χ0n) is 28.9. The molecule has 2 N–H and O–H groups in total. The van der Waals surface area contributed by atoms with Gasteiger partial charge in [-0.25, -0.2) is 14.2 Å². The first-order valence-corrected chi connectivity index (χ1v) is 20.2.